The number of hydrogen-bond donors (Lipinski definition) is 0. The normalized spacial score (nSPS) is 17.5. The number of nitrogens with zero attached hydrogens (tertiary/aromatic N) is 3. The Labute approximate surface area is 149 Å². The van der Waals surface area contributed by atoms with E-state index in [4.69, 9.17) is 4.74 Å². The fourth-order valence-electron chi connectivity index (χ4n) is 3.69. The molecule has 0 amide bonds. The number of carbonyl (C=O) groups excluding carboxylic acids is 1. The summed E-state index contributed by atoms with van der Waals surface area (Å²) in [6.45, 7) is 8.76. The van der Waals surface area contributed by atoms with Crippen LogP contribution in [0.5, 0.6) is 0 Å². The van der Waals surface area contributed by atoms with Gasteiger partial charge in [0.1, 0.15) is 23.6 Å². The minimum atomic E-state index is 0.261. The van der Waals surface area contributed by atoms with E-state index in [-0.39, 0.29) is 6.04 Å². The van der Waals surface area contributed by atoms with Gasteiger partial charge in [-0.1, -0.05) is 32.8 Å². The van der Waals surface area contributed by atoms with Crippen LogP contribution in [0.15, 0.2) is 36.1 Å². The number of anilines is 1. The maximum Gasteiger partial charge on any atom is 0.151 e. The maximum absolute atomic E-state index is 11.9. The molecule has 0 radical (unpaired) electrons. The number of aromatic nitrogens is 2. The molecule has 1 aromatic rings. The Morgan fingerprint density at radius 3 is 2.88 bits per heavy atom. The van der Waals surface area contributed by atoms with Crippen LogP contribution in [0.3, 0.4) is 0 Å². The third-order valence-corrected chi connectivity index (χ3v) is 5.02. The van der Waals surface area contributed by atoms with Crippen molar-refractivity contribution >= 4 is 17.3 Å². The molecular weight excluding hydrogens is 314 g/mol. The Morgan fingerprint density at radius 2 is 2.20 bits per heavy atom. The van der Waals surface area contributed by atoms with Crippen LogP contribution >= 0.6 is 0 Å². The second kappa shape index (κ2) is 7.66. The SMILES string of the molecule is C=C(OCCCC)C1=C(C)c2cncnc2N(C2CCCC2)C1=C=O. The molecule has 3 rings (SSSR count). The molecule has 1 fully saturated rings. The molecule has 1 aromatic heterocycles. The van der Waals surface area contributed by atoms with Crippen molar-refractivity contribution in [3.05, 3.63) is 41.7 Å². The molecule has 0 N–H and O–H groups in total. The van der Waals surface area contributed by atoms with E-state index in [1.165, 1.54) is 19.2 Å². The van der Waals surface area contributed by atoms with Crippen molar-refractivity contribution in [2.75, 3.05) is 11.5 Å². The van der Waals surface area contributed by atoms with Crippen LogP contribution in [0.2, 0.25) is 0 Å². The molecule has 0 aromatic carbocycles. The van der Waals surface area contributed by atoms with Crippen LogP contribution in [-0.4, -0.2) is 28.6 Å². The average molecular weight is 339 g/mol. The Morgan fingerprint density at radius 1 is 1.44 bits per heavy atom. The highest BCUT2D eigenvalue weighted by atomic mass is 16.5. The fourth-order valence-corrected chi connectivity index (χ4v) is 3.69. The van der Waals surface area contributed by atoms with E-state index in [1.54, 1.807) is 6.20 Å². The van der Waals surface area contributed by atoms with E-state index in [9.17, 15) is 4.79 Å². The third kappa shape index (κ3) is 3.24. The number of fused-ring (bicyclic) bond motifs is 1. The molecule has 0 spiro atoms. The molecule has 1 aliphatic carbocycles. The first kappa shape index (κ1) is 17.4. The smallest absolute Gasteiger partial charge is 0.151 e. The first-order valence-electron chi connectivity index (χ1n) is 9.07. The molecule has 5 nitrogen and oxygen atoms in total. The van der Waals surface area contributed by atoms with E-state index < -0.39 is 0 Å². The number of rotatable bonds is 6. The van der Waals surface area contributed by atoms with E-state index >= 15 is 0 Å². The molecule has 0 atom stereocenters. The number of unbranched alkanes of at least 4 members (excludes halogenated alkanes) is 1. The zero-order valence-electron chi connectivity index (χ0n) is 15.0. The molecule has 2 heterocycles. The van der Waals surface area contributed by atoms with Crippen LogP contribution in [0.4, 0.5) is 5.82 Å². The minimum Gasteiger partial charge on any atom is -0.493 e. The zero-order chi connectivity index (χ0) is 17.8. The highest BCUT2D eigenvalue weighted by molar-refractivity contribution is 5.91. The summed E-state index contributed by atoms with van der Waals surface area (Å²) < 4.78 is 5.83. The summed E-state index contributed by atoms with van der Waals surface area (Å²) in [5.74, 6) is 3.48. The average Bonchev–Trinajstić information content (AvgIpc) is 3.15. The molecule has 5 heteroatoms. The van der Waals surface area contributed by atoms with Crippen molar-refractivity contribution in [2.24, 2.45) is 0 Å². The van der Waals surface area contributed by atoms with E-state index in [0.717, 1.165) is 48.2 Å². The molecule has 132 valence electrons. The van der Waals surface area contributed by atoms with Crippen LogP contribution in [0.1, 0.15) is 57.9 Å². The first-order valence-corrected chi connectivity index (χ1v) is 9.07. The van der Waals surface area contributed by atoms with Crippen molar-refractivity contribution in [3.8, 4) is 0 Å². The summed E-state index contributed by atoms with van der Waals surface area (Å²) in [6.07, 6.45) is 9.77. The monoisotopic (exact) mass is 339 g/mol. The molecule has 0 saturated heterocycles. The molecular formula is C20H25N3O2. The van der Waals surface area contributed by atoms with Crippen molar-refractivity contribution in [1.29, 1.82) is 0 Å². The quantitative estimate of drug-likeness (QED) is 0.444. The van der Waals surface area contributed by atoms with Gasteiger partial charge in [0.25, 0.3) is 0 Å². The Balaban J connectivity index is 2.06. The summed E-state index contributed by atoms with van der Waals surface area (Å²) >= 11 is 0. The van der Waals surface area contributed by atoms with Crippen LogP contribution in [0, 0.1) is 0 Å². The summed E-state index contributed by atoms with van der Waals surface area (Å²) in [5, 5.41) is 0. The lowest BCUT2D eigenvalue weighted by Gasteiger charge is -2.36. The van der Waals surface area contributed by atoms with Crippen molar-refractivity contribution in [2.45, 2.75) is 58.4 Å². The van der Waals surface area contributed by atoms with Gasteiger partial charge in [-0.05, 0) is 31.8 Å². The highest BCUT2D eigenvalue weighted by Crippen LogP contribution is 2.43. The van der Waals surface area contributed by atoms with Gasteiger partial charge in [-0.25, -0.2) is 14.8 Å². The van der Waals surface area contributed by atoms with Gasteiger partial charge in [0, 0.05) is 17.8 Å². The first-order chi connectivity index (χ1) is 12.2. The van der Waals surface area contributed by atoms with Crippen molar-refractivity contribution in [1.82, 2.24) is 9.97 Å². The fraction of sp³-hybridized carbons (Fsp3) is 0.500. The van der Waals surface area contributed by atoms with Crippen molar-refractivity contribution < 1.29 is 9.53 Å². The van der Waals surface area contributed by atoms with Crippen LogP contribution in [0.25, 0.3) is 5.57 Å². The van der Waals surface area contributed by atoms with Gasteiger partial charge in [0.05, 0.1) is 12.2 Å². The number of allylic oxidation sites excluding steroid dienone is 1. The lowest BCUT2D eigenvalue weighted by molar-refractivity contribution is 0.217. The van der Waals surface area contributed by atoms with E-state index in [1.807, 2.05) is 11.8 Å². The Hall–Kier alpha value is -2.39. The van der Waals surface area contributed by atoms with E-state index in [2.05, 4.69) is 29.4 Å². The zero-order valence-corrected chi connectivity index (χ0v) is 15.0. The second-order valence-electron chi connectivity index (χ2n) is 6.64. The molecule has 25 heavy (non-hydrogen) atoms. The number of hydrogen-bond acceptors (Lipinski definition) is 5. The summed E-state index contributed by atoms with van der Waals surface area (Å²) in [4.78, 5) is 22.6. The van der Waals surface area contributed by atoms with Gasteiger partial charge in [0.15, 0.2) is 5.94 Å². The van der Waals surface area contributed by atoms with Crippen LogP contribution in [-0.2, 0) is 9.53 Å². The molecule has 0 bridgehead atoms. The molecule has 2 aliphatic rings. The summed E-state index contributed by atoms with van der Waals surface area (Å²) in [7, 11) is 0. The number of ether oxygens (including phenoxy) is 1. The predicted octanol–water partition coefficient (Wildman–Crippen LogP) is 4.06. The topological polar surface area (TPSA) is 55.3 Å². The lowest BCUT2D eigenvalue weighted by Crippen LogP contribution is -2.37. The second-order valence-corrected chi connectivity index (χ2v) is 6.64. The largest absolute Gasteiger partial charge is 0.493 e. The van der Waals surface area contributed by atoms with Gasteiger partial charge in [-0.3, -0.25) is 0 Å². The summed E-state index contributed by atoms with van der Waals surface area (Å²) in [5.41, 5.74) is 3.09. The molecule has 1 saturated carbocycles. The van der Waals surface area contributed by atoms with Gasteiger partial charge in [-0.2, -0.15) is 0 Å². The predicted molar refractivity (Wildman–Crippen MR) is 98.6 cm³/mol. The summed E-state index contributed by atoms with van der Waals surface area (Å²) in [6, 6.07) is 0.261. The lowest BCUT2D eigenvalue weighted by atomic mass is 9.93. The van der Waals surface area contributed by atoms with E-state index in [0.29, 0.717) is 18.1 Å². The molecule has 1 aliphatic heterocycles. The molecule has 0 unspecified atom stereocenters. The third-order valence-electron chi connectivity index (χ3n) is 5.02. The van der Waals surface area contributed by atoms with Crippen LogP contribution < -0.4 is 4.90 Å². The standard InChI is InChI=1S/C20H25N3O2/c1-4-5-10-25-15(3)19-14(2)17-11-21-13-22-20(17)23(18(19)12-24)16-8-6-7-9-16/h11,13,16H,3-10H2,1-2H3. The highest BCUT2D eigenvalue weighted by Gasteiger charge is 2.36. The Bertz CT molecular complexity index is 741. The van der Waals surface area contributed by atoms with Crippen molar-refractivity contribution in [3.63, 3.8) is 0 Å². The van der Waals surface area contributed by atoms with Gasteiger partial charge < -0.3 is 9.64 Å². The Kier molecular flexibility index (Phi) is 5.34. The van der Waals surface area contributed by atoms with Gasteiger partial charge >= 0.3 is 0 Å². The van der Waals surface area contributed by atoms with Gasteiger partial charge in [0.2, 0.25) is 0 Å². The van der Waals surface area contributed by atoms with Gasteiger partial charge in [-0.15, -0.1) is 0 Å². The maximum atomic E-state index is 11.9. The minimum absolute atomic E-state index is 0.261.